The van der Waals surface area contributed by atoms with Crippen LogP contribution in [0.25, 0.3) is 10.9 Å². The van der Waals surface area contributed by atoms with Gasteiger partial charge in [0.2, 0.25) is 11.8 Å². The van der Waals surface area contributed by atoms with Gasteiger partial charge in [0.15, 0.2) is 0 Å². The number of likely N-dealkylation sites (N-methyl/N-ethyl adjacent to an activating group) is 1. The number of amides is 2. The molecule has 0 aliphatic carbocycles. The molecule has 3 rings (SSSR count). The fourth-order valence-corrected chi connectivity index (χ4v) is 3.16. The Morgan fingerprint density at radius 1 is 1.07 bits per heavy atom. The Balaban J connectivity index is 1.58. The molecule has 1 aromatic heterocycles. The lowest BCUT2D eigenvalue weighted by Crippen LogP contribution is -2.35. The largest absolute Gasteiger partial charge is 0.336 e. The van der Waals surface area contributed by atoms with Crippen molar-refractivity contribution in [3.8, 4) is 0 Å². The third-order valence-electron chi connectivity index (χ3n) is 4.79. The molecule has 29 heavy (non-hydrogen) atoms. The molecule has 3 aromatic rings. The Morgan fingerprint density at radius 2 is 1.76 bits per heavy atom. The summed E-state index contributed by atoms with van der Waals surface area (Å²) in [5.74, 6) is 0.00314. The van der Waals surface area contributed by atoms with Gasteiger partial charge in [-0.3, -0.25) is 14.4 Å². The Kier molecular flexibility index (Phi) is 6.07. The summed E-state index contributed by atoms with van der Waals surface area (Å²) in [6.45, 7) is 3.80. The minimum absolute atomic E-state index is 0.0473. The van der Waals surface area contributed by atoms with Gasteiger partial charge in [-0.15, -0.1) is 0 Å². The molecule has 0 aliphatic rings. The highest BCUT2D eigenvalue weighted by Gasteiger charge is 2.15. The van der Waals surface area contributed by atoms with Crippen LogP contribution in [0, 0.1) is 13.8 Å². The Bertz CT molecular complexity index is 1100. The van der Waals surface area contributed by atoms with Crippen LogP contribution in [0.2, 0.25) is 0 Å². The number of nitrogens with one attached hydrogen (secondary N) is 2. The van der Waals surface area contributed by atoms with Gasteiger partial charge in [-0.05, 0) is 37.1 Å². The molecule has 0 aliphatic heterocycles. The molecule has 0 fully saturated rings. The summed E-state index contributed by atoms with van der Waals surface area (Å²) in [7, 11) is 1.59. The number of hydrogen-bond donors (Lipinski definition) is 2. The Hall–Kier alpha value is -3.48. The SMILES string of the molecule is Cc1cccc(C)c1NC(=O)CN(C)C(=O)CCc1nc2ccccc2c(=O)[nH]1. The second-order valence-corrected chi connectivity index (χ2v) is 7.09. The monoisotopic (exact) mass is 392 g/mol. The molecule has 0 bridgehead atoms. The zero-order valence-electron chi connectivity index (χ0n) is 16.8. The van der Waals surface area contributed by atoms with Gasteiger partial charge in [0.25, 0.3) is 5.56 Å². The standard InChI is InChI=1S/C22H24N4O3/c1-14-7-6-8-15(2)21(14)25-19(27)13-26(3)20(28)12-11-18-23-17-10-5-4-9-16(17)22(29)24-18/h4-10H,11-13H2,1-3H3,(H,25,27)(H,23,24,29). The number of aryl methyl sites for hydroxylation is 3. The molecule has 0 unspecified atom stereocenters. The summed E-state index contributed by atoms with van der Waals surface area (Å²) < 4.78 is 0. The number of carbonyl (C=O) groups excluding carboxylic acids is 2. The number of carbonyl (C=O) groups is 2. The van der Waals surface area contributed by atoms with Crippen molar-refractivity contribution in [2.45, 2.75) is 26.7 Å². The average molecular weight is 392 g/mol. The normalized spacial score (nSPS) is 10.7. The number of aromatic amines is 1. The first kappa shape index (κ1) is 20.3. The lowest BCUT2D eigenvalue weighted by molar-refractivity contribution is -0.133. The van der Waals surface area contributed by atoms with Gasteiger partial charge in [-0.2, -0.15) is 0 Å². The third kappa shape index (κ3) is 4.87. The minimum atomic E-state index is -0.254. The molecule has 150 valence electrons. The van der Waals surface area contributed by atoms with Crippen LogP contribution in [0.5, 0.6) is 0 Å². The van der Waals surface area contributed by atoms with Crippen LogP contribution < -0.4 is 10.9 Å². The van der Waals surface area contributed by atoms with Gasteiger partial charge in [0.05, 0.1) is 17.4 Å². The maximum atomic E-state index is 12.4. The molecular weight excluding hydrogens is 368 g/mol. The van der Waals surface area contributed by atoms with Gasteiger partial charge in [0, 0.05) is 25.6 Å². The zero-order valence-corrected chi connectivity index (χ0v) is 16.8. The molecule has 2 aromatic carbocycles. The molecule has 1 heterocycles. The van der Waals surface area contributed by atoms with Crippen LogP contribution in [0.4, 0.5) is 5.69 Å². The number of benzene rings is 2. The number of hydrogen-bond acceptors (Lipinski definition) is 4. The number of aromatic nitrogens is 2. The molecule has 0 atom stereocenters. The number of H-pyrrole nitrogens is 1. The van der Waals surface area contributed by atoms with Crippen LogP contribution in [0.15, 0.2) is 47.3 Å². The molecule has 0 saturated heterocycles. The van der Waals surface area contributed by atoms with E-state index < -0.39 is 0 Å². The highest BCUT2D eigenvalue weighted by Crippen LogP contribution is 2.19. The van der Waals surface area contributed by atoms with Crippen molar-refractivity contribution in [2.24, 2.45) is 0 Å². The highest BCUT2D eigenvalue weighted by molar-refractivity contribution is 5.95. The van der Waals surface area contributed by atoms with E-state index in [-0.39, 0.29) is 30.3 Å². The first-order chi connectivity index (χ1) is 13.8. The predicted octanol–water partition coefficient (Wildman–Crippen LogP) is 2.57. The van der Waals surface area contributed by atoms with Crippen LogP contribution in [0.3, 0.4) is 0 Å². The van der Waals surface area contributed by atoms with Gasteiger partial charge >= 0.3 is 0 Å². The van der Waals surface area contributed by atoms with Crippen molar-refractivity contribution in [3.05, 3.63) is 69.8 Å². The van der Waals surface area contributed by atoms with Gasteiger partial charge in [-0.25, -0.2) is 4.98 Å². The van der Waals surface area contributed by atoms with E-state index in [4.69, 9.17) is 0 Å². The minimum Gasteiger partial charge on any atom is -0.336 e. The van der Waals surface area contributed by atoms with Crippen LogP contribution in [-0.2, 0) is 16.0 Å². The molecular formula is C22H24N4O3. The average Bonchev–Trinajstić information content (AvgIpc) is 2.69. The van der Waals surface area contributed by atoms with E-state index >= 15 is 0 Å². The van der Waals surface area contributed by atoms with Gasteiger partial charge < -0.3 is 15.2 Å². The molecule has 2 N–H and O–H groups in total. The van der Waals surface area contributed by atoms with E-state index in [2.05, 4.69) is 15.3 Å². The van der Waals surface area contributed by atoms with Crippen molar-refractivity contribution in [2.75, 3.05) is 18.9 Å². The van der Waals surface area contributed by atoms with E-state index in [1.165, 1.54) is 4.90 Å². The number of nitrogens with zero attached hydrogens (tertiary/aromatic N) is 2. The molecule has 2 amide bonds. The van der Waals surface area contributed by atoms with E-state index in [1.807, 2.05) is 38.1 Å². The van der Waals surface area contributed by atoms with Crippen LogP contribution in [0.1, 0.15) is 23.4 Å². The van der Waals surface area contributed by atoms with E-state index in [0.717, 1.165) is 16.8 Å². The summed E-state index contributed by atoms with van der Waals surface area (Å²) in [5, 5.41) is 3.39. The molecule has 7 nitrogen and oxygen atoms in total. The summed E-state index contributed by atoms with van der Waals surface area (Å²) >= 11 is 0. The van der Waals surface area contributed by atoms with E-state index in [0.29, 0.717) is 23.1 Å². The molecule has 7 heteroatoms. The lowest BCUT2D eigenvalue weighted by atomic mass is 10.1. The first-order valence-electron chi connectivity index (χ1n) is 9.43. The maximum Gasteiger partial charge on any atom is 0.258 e. The number of anilines is 1. The van der Waals surface area contributed by atoms with Crippen molar-refractivity contribution in [1.29, 1.82) is 0 Å². The lowest BCUT2D eigenvalue weighted by Gasteiger charge is -2.18. The second-order valence-electron chi connectivity index (χ2n) is 7.09. The first-order valence-corrected chi connectivity index (χ1v) is 9.43. The third-order valence-corrected chi connectivity index (χ3v) is 4.79. The van der Waals surface area contributed by atoms with Crippen molar-refractivity contribution in [3.63, 3.8) is 0 Å². The van der Waals surface area contributed by atoms with Crippen molar-refractivity contribution >= 4 is 28.4 Å². The molecule has 0 saturated carbocycles. The Morgan fingerprint density at radius 3 is 2.48 bits per heavy atom. The predicted molar refractivity (Wildman–Crippen MR) is 113 cm³/mol. The number of para-hydroxylation sites is 2. The number of rotatable bonds is 6. The van der Waals surface area contributed by atoms with E-state index in [1.54, 1.807) is 25.2 Å². The van der Waals surface area contributed by atoms with Crippen LogP contribution >= 0.6 is 0 Å². The smallest absolute Gasteiger partial charge is 0.258 e. The zero-order chi connectivity index (χ0) is 21.0. The molecule has 0 radical (unpaired) electrons. The Labute approximate surface area is 168 Å². The fourth-order valence-electron chi connectivity index (χ4n) is 3.16. The quantitative estimate of drug-likeness (QED) is 0.674. The molecule has 0 spiro atoms. The van der Waals surface area contributed by atoms with Crippen molar-refractivity contribution in [1.82, 2.24) is 14.9 Å². The van der Waals surface area contributed by atoms with E-state index in [9.17, 15) is 14.4 Å². The van der Waals surface area contributed by atoms with Gasteiger partial charge in [0.1, 0.15) is 5.82 Å². The summed E-state index contributed by atoms with van der Waals surface area (Å²) in [4.78, 5) is 45.3. The second kappa shape index (κ2) is 8.68. The summed E-state index contributed by atoms with van der Waals surface area (Å²) in [5.41, 5.74) is 3.09. The maximum absolute atomic E-state index is 12.4. The summed E-state index contributed by atoms with van der Waals surface area (Å²) in [6, 6.07) is 12.8. The van der Waals surface area contributed by atoms with Gasteiger partial charge in [-0.1, -0.05) is 30.3 Å². The summed E-state index contributed by atoms with van der Waals surface area (Å²) in [6.07, 6.45) is 0.441. The fraction of sp³-hybridized carbons (Fsp3) is 0.273. The highest BCUT2D eigenvalue weighted by atomic mass is 16.2. The van der Waals surface area contributed by atoms with Crippen LogP contribution in [-0.4, -0.2) is 40.3 Å². The van der Waals surface area contributed by atoms with Crippen molar-refractivity contribution < 1.29 is 9.59 Å². The topological polar surface area (TPSA) is 95.2 Å². The number of fused-ring (bicyclic) bond motifs is 1.